The van der Waals surface area contributed by atoms with Crippen LogP contribution < -0.4 is 10.6 Å². The van der Waals surface area contributed by atoms with Gasteiger partial charge in [-0.15, -0.1) is 0 Å². The zero-order chi connectivity index (χ0) is 17.8. The molecular weight excluding hydrogens is 324 g/mol. The first-order valence-corrected chi connectivity index (χ1v) is 8.96. The van der Waals surface area contributed by atoms with Gasteiger partial charge in [0, 0.05) is 36.7 Å². The van der Waals surface area contributed by atoms with Gasteiger partial charge in [-0.3, -0.25) is 14.7 Å². The summed E-state index contributed by atoms with van der Waals surface area (Å²) in [5.41, 5.74) is 1.82. The Hall–Kier alpha value is -2.76. The van der Waals surface area contributed by atoms with E-state index in [0.717, 1.165) is 48.2 Å². The minimum atomic E-state index is -0.308. The molecule has 0 spiro atoms. The predicted molar refractivity (Wildman–Crippen MR) is 104 cm³/mol. The van der Waals surface area contributed by atoms with Crippen LogP contribution in [0.5, 0.6) is 0 Å². The smallest absolute Gasteiger partial charge is 0.246 e. The molecule has 0 aliphatic carbocycles. The SMILES string of the molecule is O=C(Nc1ccc2cnccc2c1)C(c1ccccc1)N1CCCNC1. The number of hydrogen-bond acceptors (Lipinski definition) is 4. The Morgan fingerprint density at radius 1 is 1.12 bits per heavy atom. The molecule has 2 aromatic carbocycles. The lowest BCUT2D eigenvalue weighted by atomic mass is 10.0. The molecular formula is C21H22N4O. The van der Waals surface area contributed by atoms with Gasteiger partial charge >= 0.3 is 0 Å². The van der Waals surface area contributed by atoms with Crippen molar-refractivity contribution in [3.8, 4) is 0 Å². The molecule has 132 valence electrons. The summed E-state index contributed by atoms with van der Waals surface area (Å²) in [4.78, 5) is 19.5. The predicted octanol–water partition coefficient (Wildman–Crippen LogP) is 3.17. The van der Waals surface area contributed by atoms with Gasteiger partial charge < -0.3 is 10.6 Å². The summed E-state index contributed by atoms with van der Waals surface area (Å²) in [6, 6.07) is 17.5. The number of benzene rings is 2. The van der Waals surface area contributed by atoms with Gasteiger partial charge in [-0.2, -0.15) is 0 Å². The van der Waals surface area contributed by atoms with E-state index in [1.165, 1.54) is 0 Å². The van der Waals surface area contributed by atoms with Crippen molar-refractivity contribution in [2.45, 2.75) is 12.5 Å². The van der Waals surface area contributed by atoms with Gasteiger partial charge in [0.05, 0.1) is 0 Å². The number of pyridine rings is 1. The van der Waals surface area contributed by atoms with Crippen molar-refractivity contribution in [1.82, 2.24) is 15.2 Å². The number of anilines is 1. The molecule has 1 amide bonds. The fraction of sp³-hybridized carbons (Fsp3) is 0.238. The van der Waals surface area contributed by atoms with E-state index in [1.807, 2.05) is 60.8 Å². The van der Waals surface area contributed by atoms with Crippen molar-refractivity contribution in [3.05, 3.63) is 72.6 Å². The fourth-order valence-corrected chi connectivity index (χ4v) is 3.46. The summed E-state index contributed by atoms with van der Waals surface area (Å²) in [5, 5.41) is 8.59. The highest BCUT2D eigenvalue weighted by molar-refractivity contribution is 5.97. The van der Waals surface area contributed by atoms with Gasteiger partial charge in [0.15, 0.2) is 0 Å². The van der Waals surface area contributed by atoms with Crippen molar-refractivity contribution in [2.75, 3.05) is 25.1 Å². The first-order valence-electron chi connectivity index (χ1n) is 8.96. The molecule has 26 heavy (non-hydrogen) atoms. The first kappa shape index (κ1) is 16.7. The number of amides is 1. The van der Waals surface area contributed by atoms with Crippen LogP contribution in [0.25, 0.3) is 10.8 Å². The van der Waals surface area contributed by atoms with Crippen LogP contribution >= 0.6 is 0 Å². The number of carbonyl (C=O) groups excluding carboxylic acids is 1. The Morgan fingerprint density at radius 3 is 2.81 bits per heavy atom. The zero-order valence-electron chi connectivity index (χ0n) is 14.6. The summed E-state index contributed by atoms with van der Waals surface area (Å²) in [7, 11) is 0. The van der Waals surface area contributed by atoms with E-state index in [1.54, 1.807) is 6.20 Å². The summed E-state index contributed by atoms with van der Waals surface area (Å²) in [6.45, 7) is 2.62. The van der Waals surface area contributed by atoms with Gasteiger partial charge in [0.25, 0.3) is 0 Å². The van der Waals surface area contributed by atoms with Crippen LogP contribution in [0.3, 0.4) is 0 Å². The number of aromatic nitrogens is 1. The van der Waals surface area contributed by atoms with Crippen molar-refractivity contribution < 1.29 is 4.79 Å². The number of hydrogen-bond donors (Lipinski definition) is 2. The van der Waals surface area contributed by atoms with E-state index < -0.39 is 0 Å². The van der Waals surface area contributed by atoms with E-state index in [2.05, 4.69) is 20.5 Å². The highest BCUT2D eigenvalue weighted by Gasteiger charge is 2.28. The molecule has 1 aliphatic heterocycles. The number of carbonyl (C=O) groups is 1. The topological polar surface area (TPSA) is 57.3 Å². The molecule has 4 rings (SSSR count). The Morgan fingerprint density at radius 2 is 2.00 bits per heavy atom. The quantitative estimate of drug-likeness (QED) is 0.762. The molecule has 2 N–H and O–H groups in total. The van der Waals surface area contributed by atoms with Crippen molar-refractivity contribution in [3.63, 3.8) is 0 Å². The molecule has 1 aromatic heterocycles. The van der Waals surface area contributed by atoms with Gasteiger partial charge in [-0.25, -0.2) is 0 Å². The molecule has 1 atom stereocenters. The molecule has 0 bridgehead atoms. The maximum atomic E-state index is 13.2. The van der Waals surface area contributed by atoms with Crippen LogP contribution in [0.1, 0.15) is 18.0 Å². The molecule has 1 saturated heterocycles. The van der Waals surface area contributed by atoms with Crippen LogP contribution in [-0.2, 0) is 4.79 Å². The largest absolute Gasteiger partial charge is 0.324 e. The van der Waals surface area contributed by atoms with Gasteiger partial charge in [0.1, 0.15) is 6.04 Å². The van der Waals surface area contributed by atoms with Crippen molar-refractivity contribution in [2.24, 2.45) is 0 Å². The number of fused-ring (bicyclic) bond motifs is 1. The van der Waals surface area contributed by atoms with Crippen LogP contribution in [0.4, 0.5) is 5.69 Å². The lowest BCUT2D eigenvalue weighted by Crippen LogP contribution is -2.47. The monoisotopic (exact) mass is 346 g/mol. The number of nitrogens with one attached hydrogen (secondary N) is 2. The normalized spacial score (nSPS) is 16.3. The third kappa shape index (κ3) is 3.59. The Labute approximate surface area is 153 Å². The molecule has 0 saturated carbocycles. The maximum absolute atomic E-state index is 13.2. The molecule has 1 fully saturated rings. The lowest BCUT2D eigenvalue weighted by Gasteiger charge is -2.34. The number of rotatable bonds is 4. The third-order valence-corrected chi connectivity index (χ3v) is 4.75. The average molecular weight is 346 g/mol. The average Bonchev–Trinajstić information content (AvgIpc) is 2.70. The van der Waals surface area contributed by atoms with Crippen molar-refractivity contribution in [1.29, 1.82) is 0 Å². The first-order chi connectivity index (χ1) is 12.8. The summed E-state index contributed by atoms with van der Waals surface area (Å²) < 4.78 is 0. The minimum Gasteiger partial charge on any atom is -0.324 e. The van der Waals surface area contributed by atoms with E-state index >= 15 is 0 Å². The van der Waals surface area contributed by atoms with Gasteiger partial charge in [0.2, 0.25) is 5.91 Å². The molecule has 5 nitrogen and oxygen atoms in total. The number of nitrogens with zero attached hydrogens (tertiary/aromatic N) is 2. The molecule has 1 unspecified atom stereocenters. The molecule has 1 aliphatic rings. The van der Waals surface area contributed by atoms with E-state index in [4.69, 9.17) is 0 Å². The Balaban J connectivity index is 1.60. The highest BCUT2D eigenvalue weighted by Crippen LogP contribution is 2.25. The summed E-state index contributed by atoms with van der Waals surface area (Å²) >= 11 is 0. The van der Waals surface area contributed by atoms with E-state index in [0.29, 0.717) is 0 Å². The van der Waals surface area contributed by atoms with E-state index in [-0.39, 0.29) is 11.9 Å². The van der Waals surface area contributed by atoms with Crippen LogP contribution in [-0.4, -0.2) is 35.5 Å². The fourth-order valence-electron chi connectivity index (χ4n) is 3.46. The summed E-state index contributed by atoms with van der Waals surface area (Å²) in [6.07, 6.45) is 4.63. The van der Waals surface area contributed by atoms with Crippen LogP contribution in [0.15, 0.2) is 67.0 Å². The van der Waals surface area contributed by atoms with Gasteiger partial charge in [-0.05, 0) is 42.1 Å². The second kappa shape index (κ2) is 7.64. The molecule has 0 radical (unpaired) electrons. The second-order valence-corrected chi connectivity index (χ2v) is 6.56. The highest BCUT2D eigenvalue weighted by atomic mass is 16.2. The lowest BCUT2D eigenvalue weighted by molar-refractivity contribution is -0.122. The third-order valence-electron chi connectivity index (χ3n) is 4.75. The zero-order valence-corrected chi connectivity index (χ0v) is 14.6. The van der Waals surface area contributed by atoms with Crippen LogP contribution in [0.2, 0.25) is 0 Å². The molecule has 5 heteroatoms. The van der Waals surface area contributed by atoms with Crippen molar-refractivity contribution >= 4 is 22.4 Å². The van der Waals surface area contributed by atoms with E-state index in [9.17, 15) is 4.79 Å². The Bertz CT molecular complexity index is 891. The summed E-state index contributed by atoms with van der Waals surface area (Å²) in [5.74, 6) is -0.00620. The molecule has 3 aromatic rings. The maximum Gasteiger partial charge on any atom is 0.246 e. The molecule has 2 heterocycles. The Kier molecular flexibility index (Phi) is 4.91. The standard InChI is InChI=1S/C21H22N4O/c26-21(24-19-8-7-18-14-22-11-9-17(18)13-19)20(16-5-2-1-3-6-16)25-12-4-10-23-15-25/h1-3,5-9,11,13-14,20,23H,4,10,12,15H2,(H,24,26). The second-order valence-electron chi connectivity index (χ2n) is 6.56. The van der Waals surface area contributed by atoms with Crippen LogP contribution in [0, 0.1) is 0 Å². The minimum absolute atomic E-state index is 0.00620. The van der Waals surface area contributed by atoms with Gasteiger partial charge in [-0.1, -0.05) is 36.4 Å².